The molecule has 1 atom stereocenters. The van der Waals surface area contributed by atoms with E-state index in [4.69, 9.17) is 32.7 Å². The average Bonchev–Trinajstić information content (AvgIpc) is 3.15. The standard InChI is InChI=1S/C19H20Cl2N2O3/c20-13-7-8-16(15(21)10-13)23-19(24)11-22-17-5-1-2-6-18(17)26-12-14-4-3-9-25-14/h1-2,5-8,10,14,22H,3-4,9,11-12H2,(H,23,24). The fraction of sp³-hybridized carbons (Fsp3) is 0.316. The molecule has 1 aliphatic heterocycles. The van der Waals surface area contributed by atoms with Gasteiger partial charge >= 0.3 is 0 Å². The molecule has 1 unspecified atom stereocenters. The van der Waals surface area contributed by atoms with Gasteiger partial charge in [-0.25, -0.2) is 0 Å². The largest absolute Gasteiger partial charge is 0.489 e. The van der Waals surface area contributed by atoms with Gasteiger partial charge in [0, 0.05) is 11.6 Å². The summed E-state index contributed by atoms with van der Waals surface area (Å²) in [5.41, 5.74) is 1.27. The van der Waals surface area contributed by atoms with Gasteiger partial charge in [0.1, 0.15) is 12.4 Å². The highest BCUT2D eigenvalue weighted by atomic mass is 35.5. The molecule has 2 aromatic carbocycles. The molecule has 7 heteroatoms. The number of ether oxygens (including phenoxy) is 2. The summed E-state index contributed by atoms with van der Waals surface area (Å²) in [6.45, 7) is 1.38. The first kappa shape index (κ1) is 18.8. The highest BCUT2D eigenvalue weighted by molar-refractivity contribution is 6.36. The molecule has 0 radical (unpaired) electrons. The molecule has 3 rings (SSSR count). The lowest BCUT2D eigenvalue weighted by Crippen LogP contribution is -2.22. The summed E-state index contributed by atoms with van der Waals surface area (Å²) in [6, 6.07) is 12.4. The van der Waals surface area contributed by atoms with E-state index in [0.717, 1.165) is 25.1 Å². The summed E-state index contributed by atoms with van der Waals surface area (Å²) < 4.78 is 11.4. The second kappa shape index (κ2) is 9.12. The second-order valence-corrected chi connectivity index (χ2v) is 6.81. The van der Waals surface area contributed by atoms with Crippen LogP contribution in [0.3, 0.4) is 0 Å². The fourth-order valence-electron chi connectivity index (χ4n) is 2.66. The molecule has 0 saturated carbocycles. The minimum absolute atomic E-state index is 0.0826. The minimum Gasteiger partial charge on any atom is -0.489 e. The summed E-state index contributed by atoms with van der Waals surface area (Å²) in [6.07, 6.45) is 2.22. The van der Waals surface area contributed by atoms with Gasteiger partial charge in [-0.15, -0.1) is 0 Å². The van der Waals surface area contributed by atoms with Crippen molar-refractivity contribution in [3.63, 3.8) is 0 Å². The van der Waals surface area contributed by atoms with Crippen LogP contribution in [0, 0.1) is 0 Å². The van der Waals surface area contributed by atoms with Crippen molar-refractivity contribution < 1.29 is 14.3 Å². The fourth-order valence-corrected chi connectivity index (χ4v) is 3.11. The molecule has 1 amide bonds. The summed E-state index contributed by atoms with van der Waals surface area (Å²) in [5.74, 6) is 0.475. The number of anilines is 2. The van der Waals surface area contributed by atoms with Crippen molar-refractivity contribution in [2.24, 2.45) is 0 Å². The quantitative estimate of drug-likeness (QED) is 0.719. The average molecular weight is 395 g/mol. The van der Waals surface area contributed by atoms with Crippen molar-refractivity contribution in [1.82, 2.24) is 0 Å². The van der Waals surface area contributed by atoms with Crippen molar-refractivity contribution in [1.29, 1.82) is 0 Å². The highest BCUT2D eigenvalue weighted by Gasteiger charge is 2.17. The third kappa shape index (κ3) is 5.27. The van der Waals surface area contributed by atoms with Crippen LogP contribution in [0.2, 0.25) is 10.0 Å². The van der Waals surface area contributed by atoms with E-state index in [-0.39, 0.29) is 18.6 Å². The molecule has 5 nitrogen and oxygen atoms in total. The Bertz CT molecular complexity index is 764. The Kier molecular flexibility index (Phi) is 6.61. The normalized spacial score (nSPS) is 16.3. The lowest BCUT2D eigenvalue weighted by molar-refractivity contribution is -0.114. The van der Waals surface area contributed by atoms with E-state index in [1.165, 1.54) is 0 Å². The zero-order chi connectivity index (χ0) is 18.4. The Morgan fingerprint density at radius 2 is 2.04 bits per heavy atom. The van der Waals surface area contributed by atoms with E-state index >= 15 is 0 Å². The van der Waals surface area contributed by atoms with Crippen molar-refractivity contribution in [3.05, 3.63) is 52.5 Å². The number of amides is 1. The Labute approximate surface area is 162 Å². The maximum atomic E-state index is 12.2. The van der Waals surface area contributed by atoms with Crippen LogP contribution < -0.4 is 15.4 Å². The maximum absolute atomic E-state index is 12.2. The van der Waals surface area contributed by atoms with Gasteiger partial charge in [0.15, 0.2) is 0 Å². The van der Waals surface area contributed by atoms with Crippen LogP contribution in [0.15, 0.2) is 42.5 Å². The molecule has 1 heterocycles. The number of para-hydroxylation sites is 2. The number of hydrogen-bond acceptors (Lipinski definition) is 4. The Balaban J connectivity index is 1.54. The van der Waals surface area contributed by atoms with Crippen LogP contribution in [0.1, 0.15) is 12.8 Å². The van der Waals surface area contributed by atoms with Crippen molar-refractivity contribution >= 4 is 40.5 Å². The van der Waals surface area contributed by atoms with Crippen molar-refractivity contribution in [3.8, 4) is 5.75 Å². The number of rotatable bonds is 7. The van der Waals surface area contributed by atoms with Crippen LogP contribution in [-0.2, 0) is 9.53 Å². The SMILES string of the molecule is O=C(CNc1ccccc1OCC1CCCO1)Nc1ccc(Cl)cc1Cl. The molecular formula is C19H20Cl2N2O3. The number of carbonyl (C=O) groups excluding carboxylic acids is 1. The molecule has 1 aliphatic rings. The minimum atomic E-state index is -0.219. The van der Waals surface area contributed by atoms with E-state index in [1.54, 1.807) is 18.2 Å². The number of nitrogens with one attached hydrogen (secondary N) is 2. The zero-order valence-electron chi connectivity index (χ0n) is 14.1. The van der Waals surface area contributed by atoms with Gasteiger partial charge in [0.05, 0.1) is 29.0 Å². The monoisotopic (exact) mass is 394 g/mol. The molecule has 1 saturated heterocycles. The number of hydrogen-bond donors (Lipinski definition) is 2. The highest BCUT2D eigenvalue weighted by Crippen LogP contribution is 2.26. The third-order valence-electron chi connectivity index (χ3n) is 3.98. The smallest absolute Gasteiger partial charge is 0.243 e. The number of benzene rings is 2. The summed E-state index contributed by atoms with van der Waals surface area (Å²) in [7, 11) is 0. The van der Waals surface area contributed by atoms with Gasteiger partial charge in [0.2, 0.25) is 5.91 Å². The van der Waals surface area contributed by atoms with Gasteiger partial charge in [0.25, 0.3) is 0 Å². The van der Waals surface area contributed by atoms with Crippen LogP contribution in [0.5, 0.6) is 5.75 Å². The lowest BCUT2D eigenvalue weighted by Gasteiger charge is -2.15. The molecule has 2 aromatic rings. The summed E-state index contributed by atoms with van der Waals surface area (Å²) >= 11 is 11.9. The second-order valence-electron chi connectivity index (χ2n) is 5.97. The van der Waals surface area contributed by atoms with E-state index < -0.39 is 0 Å². The molecule has 0 aromatic heterocycles. The van der Waals surface area contributed by atoms with Gasteiger partial charge in [-0.1, -0.05) is 35.3 Å². The van der Waals surface area contributed by atoms with Crippen LogP contribution in [0.25, 0.3) is 0 Å². The molecule has 1 fully saturated rings. The Morgan fingerprint density at radius 3 is 2.81 bits per heavy atom. The summed E-state index contributed by atoms with van der Waals surface area (Å²) in [5, 5.41) is 6.76. The Hall–Kier alpha value is -1.95. The van der Waals surface area contributed by atoms with E-state index in [9.17, 15) is 4.79 Å². The van der Waals surface area contributed by atoms with Crippen LogP contribution >= 0.6 is 23.2 Å². The first-order valence-corrected chi connectivity index (χ1v) is 9.19. The predicted octanol–water partition coefficient (Wildman–Crippen LogP) is 4.60. The van der Waals surface area contributed by atoms with E-state index in [1.807, 2.05) is 24.3 Å². The van der Waals surface area contributed by atoms with Crippen LogP contribution in [0.4, 0.5) is 11.4 Å². The van der Waals surface area contributed by atoms with Crippen molar-refractivity contribution in [2.75, 3.05) is 30.4 Å². The lowest BCUT2D eigenvalue weighted by atomic mass is 10.2. The van der Waals surface area contributed by atoms with Crippen LogP contribution in [-0.4, -0.2) is 31.8 Å². The molecule has 0 bridgehead atoms. The number of halogens is 2. The molecule has 138 valence electrons. The zero-order valence-corrected chi connectivity index (χ0v) is 15.6. The first-order valence-electron chi connectivity index (χ1n) is 8.44. The molecule has 0 spiro atoms. The molecule has 2 N–H and O–H groups in total. The first-order chi connectivity index (χ1) is 12.6. The Morgan fingerprint density at radius 1 is 1.19 bits per heavy atom. The maximum Gasteiger partial charge on any atom is 0.243 e. The molecule has 26 heavy (non-hydrogen) atoms. The molecular weight excluding hydrogens is 375 g/mol. The topological polar surface area (TPSA) is 59.6 Å². The van der Waals surface area contributed by atoms with E-state index in [0.29, 0.717) is 28.1 Å². The van der Waals surface area contributed by atoms with Gasteiger partial charge in [-0.3, -0.25) is 4.79 Å². The molecule has 0 aliphatic carbocycles. The van der Waals surface area contributed by atoms with Gasteiger partial charge in [-0.2, -0.15) is 0 Å². The number of carbonyl (C=O) groups is 1. The van der Waals surface area contributed by atoms with Gasteiger partial charge in [-0.05, 0) is 43.2 Å². The van der Waals surface area contributed by atoms with E-state index in [2.05, 4.69) is 10.6 Å². The van der Waals surface area contributed by atoms with Crippen molar-refractivity contribution in [2.45, 2.75) is 18.9 Å². The van der Waals surface area contributed by atoms with Gasteiger partial charge < -0.3 is 20.1 Å². The predicted molar refractivity (Wildman–Crippen MR) is 104 cm³/mol. The third-order valence-corrected chi connectivity index (χ3v) is 4.53. The summed E-state index contributed by atoms with van der Waals surface area (Å²) in [4.78, 5) is 12.2.